The number of hydrogen-bond acceptors (Lipinski definition) is 3. The summed E-state index contributed by atoms with van der Waals surface area (Å²) in [7, 11) is 4.31. The summed E-state index contributed by atoms with van der Waals surface area (Å²) in [6.07, 6.45) is 2.36. The fourth-order valence-corrected chi connectivity index (χ4v) is 2.98. The molecule has 0 aromatic heterocycles. The standard InChI is InChI=1S/C15H23ClN2O/c1-11(14-10-12(16)4-5-15(14)19)18(3)13-6-8-17(2)9-7-13/h4-5,10-11,13,19H,6-9H2,1-3H3. The van der Waals surface area contributed by atoms with E-state index in [2.05, 4.69) is 30.8 Å². The quantitative estimate of drug-likeness (QED) is 0.923. The highest BCUT2D eigenvalue weighted by atomic mass is 35.5. The van der Waals surface area contributed by atoms with Gasteiger partial charge in [0.05, 0.1) is 0 Å². The predicted molar refractivity (Wildman–Crippen MR) is 79.8 cm³/mol. The maximum Gasteiger partial charge on any atom is 0.120 e. The van der Waals surface area contributed by atoms with Crippen LogP contribution in [-0.4, -0.2) is 48.1 Å². The molecule has 1 heterocycles. The normalized spacial score (nSPS) is 19.8. The van der Waals surface area contributed by atoms with E-state index < -0.39 is 0 Å². The molecular weight excluding hydrogens is 260 g/mol. The fraction of sp³-hybridized carbons (Fsp3) is 0.600. The van der Waals surface area contributed by atoms with Crippen molar-refractivity contribution >= 4 is 11.6 Å². The number of phenolic OH excluding ortho intramolecular Hbond substituents is 1. The lowest BCUT2D eigenvalue weighted by molar-refractivity contribution is 0.112. The molecule has 0 aliphatic carbocycles. The van der Waals surface area contributed by atoms with Crippen molar-refractivity contribution in [1.82, 2.24) is 9.80 Å². The Kier molecular flexibility index (Phi) is 4.71. The van der Waals surface area contributed by atoms with Gasteiger partial charge in [0.1, 0.15) is 5.75 Å². The largest absolute Gasteiger partial charge is 0.508 e. The van der Waals surface area contributed by atoms with Crippen LogP contribution in [0.2, 0.25) is 5.02 Å². The summed E-state index contributed by atoms with van der Waals surface area (Å²) in [6, 6.07) is 6.02. The van der Waals surface area contributed by atoms with E-state index in [0.717, 1.165) is 18.7 Å². The van der Waals surface area contributed by atoms with E-state index in [1.165, 1.54) is 12.8 Å². The highest BCUT2D eigenvalue weighted by Crippen LogP contribution is 2.32. The van der Waals surface area contributed by atoms with Gasteiger partial charge in [-0.05, 0) is 65.1 Å². The lowest BCUT2D eigenvalue weighted by atomic mass is 9.99. The Balaban J connectivity index is 2.10. The highest BCUT2D eigenvalue weighted by molar-refractivity contribution is 6.30. The summed E-state index contributed by atoms with van der Waals surface area (Å²) in [5.41, 5.74) is 0.911. The van der Waals surface area contributed by atoms with Crippen molar-refractivity contribution in [2.24, 2.45) is 0 Å². The van der Waals surface area contributed by atoms with Gasteiger partial charge in [0.15, 0.2) is 0 Å². The molecule has 1 unspecified atom stereocenters. The Morgan fingerprint density at radius 2 is 2.00 bits per heavy atom. The number of rotatable bonds is 3. The Morgan fingerprint density at radius 3 is 2.63 bits per heavy atom. The molecule has 4 heteroatoms. The first-order chi connectivity index (χ1) is 8.99. The molecule has 1 aliphatic heterocycles. The van der Waals surface area contributed by atoms with Crippen LogP contribution in [0.5, 0.6) is 5.75 Å². The minimum absolute atomic E-state index is 0.173. The van der Waals surface area contributed by atoms with Crippen molar-refractivity contribution in [2.45, 2.75) is 31.8 Å². The van der Waals surface area contributed by atoms with Crippen molar-refractivity contribution in [3.8, 4) is 5.75 Å². The third kappa shape index (κ3) is 3.41. The van der Waals surface area contributed by atoms with E-state index in [0.29, 0.717) is 16.8 Å². The summed E-state index contributed by atoms with van der Waals surface area (Å²) < 4.78 is 0. The van der Waals surface area contributed by atoms with Crippen LogP contribution in [0, 0.1) is 0 Å². The highest BCUT2D eigenvalue weighted by Gasteiger charge is 2.25. The van der Waals surface area contributed by atoms with Gasteiger partial charge in [-0.25, -0.2) is 0 Å². The van der Waals surface area contributed by atoms with Crippen LogP contribution in [0.15, 0.2) is 18.2 Å². The molecule has 0 bridgehead atoms. The smallest absolute Gasteiger partial charge is 0.120 e. The Hall–Kier alpha value is -0.770. The Bertz CT molecular complexity index is 430. The van der Waals surface area contributed by atoms with Crippen molar-refractivity contribution < 1.29 is 5.11 Å². The van der Waals surface area contributed by atoms with Crippen LogP contribution >= 0.6 is 11.6 Å². The minimum Gasteiger partial charge on any atom is -0.508 e. The van der Waals surface area contributed by atoms with Gasteiger partial charge >= 0.3 is 0 Å². The average molecular weight is 283 g/mol. The average Bonchev–Trinajstić information content (AvgIpc) is 2.41. The third-order valence-electron chi connectivity index (χ3n) is 4.31. The molecule has 19 heavy (non-hydrogen) atoms. The molecule has 106 valence electrons. The number of benzene rings is 1. The van der Waals surface area contributed by atoms with Gasteiger partial charge in [-0.15, -0.1) is 0 Å². The molecule has 1 saturated heterocycles. The molecular formula is C15H23ClN2O. The first-order valence-electron chi connectivity index (χ1n) is 6.88. The van der Waals surface area contributed by atoms with Gasteiger partial charge in [-0.1, -0.05) is 11.6 Å². The van der Waals surface area contributed by atoms with E-state index in [1.54, 1.807) is 12.1 Å². The third-order valence-corrected chi connectivity index (χ3v) is 4.55. The monoisotopic (exact) mass is 282 g/mol. The maximum atomic E-state index is 10.0. The molecule has 0 saturated carbocycles. The zero-order chi connectivity index (χ0) is 14.0. The maximum absolute atomic E-state index is 10.0. The van der Waals surface area contributed by atoms with Crippen molar-refractivity contribution in [2.75, 3.05) is 27.2 Å². The van der Waals surface area contributed by atoms with Gasteiger partial charge in [0.25, 0.3) is 0 Å². The number of likely N-dealkylation sites (tertiary alicyclic amines) is 1. The van der Waals surface area contributed by atoms with Crippen LogP contribution in [0.3, 0.4) is 0 Å². The Labute approximate surface area is 120 Å². The molecule has 1 aromatic rings. The lowest BCUT2D eigenvalue weighted by Crippen LogP contribution is -2.42. The molecule has 1 atom stereocenters. The summed E-state index contributed by atoms with van der Waals surface area (Å²) >= 11 is 6.03. The van der Waals surface area contributed by atoms with E-state index in [1.807, 2.05) is 6.07 Å². The van der Waals surface area contributed by atoms with Gasteiger partial charge < -0.3 is 10.0 Å². The lowest BCUT2D eigenvalue weighted by Gasteiger charge is -2.38. The second kappa shape index (κ2) is 6.12. The second-order valence-corrected chi connectivity index (χ2v) is 6.02. The van der Waals surface area contributed by atoms with Gasteiger partial charge in [0, 0.05) is 22.7 Å². The van der Waals surface area contributed by atoms with Crippen molar-refractivity contribution in [3.63, 3.8) is 0 Å². The van der Waals surface area contributed by atoms with E-state index >= 15 is 0 Å². The molecule has 2 rings (SSSR count). The van der Waals surface area contributed by atoms with Crippen molar-refractivity contribution in [1.29, 1.82) is 0 Å². The SMILES string of the molecule is CC(c1cc(Cl)ccc1O)N(C)C1CCN(C)CC1. The van der Waals surface area contributed by atoms with Crippen LogP contribution in [-0.2, 0) is 0 Å². The molecule has 0 radical (unpaired) electrons. The number of hydrogen-bond donors (Lipinski definition) is 1. The Morgan fingerprint density at radius 1 is 1.37 bits per heavy atom. The zero-order valence-electron chi connectivity index (χ0n) is 11.9. The van der Waals surface area contributed by atoms with E-state index in [4.69, 9.17) is 11.6 Å². The van der Waals surface area contributed by atoms with Crippen LogP contribution in [0.25, 0.3) is 0 Å². The number of aromatic hydroxyl groups is 1. The summed E-state index contributed by atoms with van der Waals surface area (Å²) in [5.74, 6) is 0.330. The van der Waals surface area contributed by atoms with E-state index in [-0.39, 0.29) is 6.04 Å². The van der Waals surface area contributed by atoms with Gasteiger partial charge in [-0.3, -0.25) is 4.90 Å². The fourth-order valence-electron chi connectivity index (χ4n) is 2.80. The molecule has 1 fully saturated rings. The number of nitrogens with zero attached hydrogens (tertiary/aromatic N) is 2. The molecule has 3 nitrogen and oxygen atoms in total. The minimum atomic E-state index is 0.173. The molecule has 0 amide bonds. The topological polar surface area (TPSA) is 26.7 Å². The van der Waals surface area contributed by atoms with Gasteiger partial charge in [-0.2, -0.15) is 0 Å². The molecule has 1 aromatic carbocycles. The van der Waals surface area contributed by atoms with Crippen LogP contribution < -0.4 is 0 Å². The zero-order valence-corrected chi connectivity index (χ0v) is 12.7. The number of halogens is 1. The molecule has 0 spiro atoms. The van der Waals surface area contributed by atoms with E-state index in [9.17, 15) is 5.11 Å². The second-order valence-electron chi connectivity index (χ2n) is 5.58. The van der Waals surface area contributed by atoms with Gasteiger partial charge in [0.2, 0.25) is 0 Å². The van der Waals surface area contributed by atoms with Crippen molar-refractivity contribution in [3.05, 3.63) is 28.8 Å². The molecule has 1 N–H and O–H groups in total. The van der Waals surface area contributed by atoms with Crippen LogP contribution in [0.4, 0.5) is 0 Å². The summed E-state index contributed by atoms with van der Waals surface area (Å²) in [6.45, 7) is 4.41. The summed E-state index contributed by atoms with van der Waals surface area (Å²) in [5, 5.41) is 10.7. The first kappa shape index (κ1) is 14.6. The predicted octanol–water partition coefficient (Wildman–Crippen LogP) is 3.13. The summed E-state index contributed by atoms with van der Waals surface area (Å²) in [4.78, 5) is 4.73. The van der Waals surface area contributed by atoms with Crippen LogP contribution in [0.1, 0.15) is 31.4 Å². The number of phenols is 1. The number of piperidine rings is 1. The first-order valence-corrected chi connectivity index (χ1v) is 7.25. The molecule has 1 aliphatic rings.